The second kappa shape index (κ2) is 9.20. The average Bonchev–Trinajstić information content (AvgIpc) is 2.63. The molecule has 0 aliphatic rings. The average molecular weight is 372 g/mol. The Labute approximate surface area is 160 Å². The van der Waals surface area contributed by atoms with E-state index in [1.54, 1.807) is 12.1 Å². The van der Waals surface area contributed by atoms with Crippen molar-refractivity contribution in [1.82, 2.24) is 5.32 Å². The molecule has 138 valence electrons. The van der Waals surface area contributed by atoms with Crippen molar-refractivity contribution in [3.8, 4) is 0 Å². The van der Waals surface area contributed by atoms with Crippen molar-refractivity contribution in [2.24, 2.45) is 0 Å². The summed E-state index contributed by atoms with van der Waals surface area (Å²) in [4.78, 5) is 13.9. The molecule has 6 heteroatoms. The quantitative estimate of drug-likeness (QED) is 0.599. The highest BCUT2D eigenvalue weighted by molar-refractivity contribution is 7.80. The molecule has 26 heavy (non-hydrogen) atoms. The lowest BCUT2D eigenvalue weighted by atomic mass is 10.1. The second-order valence-corrected chi connectivity index (χ2v) is 6.52. The number of carbonyl (C=O) groups excluding carboxylic acids is 1. The van der Waals surface area contributed by atoms with Gasteiger partial charge in [0, 0.05) is 31.5 Å². The number of hydrogen-bond donors (Lipinski definition) is 2. The van der Waals surface area contributed by atoms with Gasteiger partial charge in [0.1, 0.15) is 0 Å². The summed E-state index contributed by atoms with van der Waals surface area (Å²) in [5.74, 6) is -0.357. The molecule has 0 aliphatic heterocycles. The molecule has 0 heterocycles. The van der Waals surface area contributed by atoms with Crippen LogP contribution in [-0.2, 0) is 4.74 Å². The van der Waals surface area contributed by atoms with Gasteiger partial charge >= 0.3 is 5.97 Å². The summed E-state index contributed by atoms with van der Waals surface area (Å²) in [5, 5.41) is 6.86. The monoisotopic (exact) mass is 371 g/mol. The van der Waals surface area contributed by atoms with Crippen LogP contribution in [0.3, 0.4) is 0 Å². The maximum atomic E-state index is 11.8. The van der Waals surface area contributed by atoms with E-state index in [9.17, 15) is 4.79 Å². The van der Waals surface area contributed by atoms with Gasteiger partial charge < -0.3 is 20.3 Å². The molecular formula is C20H25N3O2S. The van der Waals surface area contributed by atoms with Gasteiger partial charge in [-0.1, -0.05) is 23.8 Å². The molecule has 0 fully saturated rings. The van der Waals surface area contributed by atoms with E-state index in [2.05, 4.69) is 46.7 Å². The van der Waals surface area contributed by atoms with Gasteiger partial charge in [0.05, 0.1) is 12.7 Å². The highest BCUT2D eigenvalue weighted by Crippen LogP contribution is 2.19. The van der Waals surface area contributed by atoms with E-state index in [-0.39, 0.29) is 5.97 Å². The molecule has 2 rings (SSSR count). The molecule has 0 radical (unpaired) electrons. The van der Waals surface area contributed by atoms with E-state index >= 15 is 0 Å². The van der Waals surface area contributed by atoms with Gasteiger partial charge in [-0.25, -0.2) is 4.79 Å². The first kappa shape index (κ1) is 19.7. The van der Waals surface area contributed by atoms with Crippen LogP contribution in [0, 0.1) is 13.8 Å². The first-order chi connectivity index (χ1) is 12.4. The number of ether oxygens (including phenoxy) is 1. The van der Waals surface area contributed by atoms with Crippen LogP contribution in [0.4, 0.5) is 11.4 Å². The molecular weight excluding hydrogens is 346 g/mol. The third-order valence-electron chi connectivity index (χ3n) is 4.19. The predicted molar refractivity (Wildman–Crippen MR) is 111 cm³/mol. The Balaban J connectivity index is 1.87. The zero-order valence-corrected chi connectivity index (χ0v) is 16.4. The van der Waals surface area contributed by atoms with Crippen LogP contribution in [-0.4, -0.2) is 38.3 Å². The van der Waals surface area contributed by atoms with Gasteiger partial charge in [0.2, 0.25) is 0 Å². The first-order valence-electron chi connectivity index (χ1n) is 8.43. The number of esters is 1. The van der Waals surface area contributed by atoms with Crippen LogP contribution in [0.5, 0.6) is 0 Å². The van der Waals surface area contributed by atoms with Crippen molar-refractivity contribution in [3.63, 3.8) is 0 Å². The Hall–Kier alpha value is -2.60. The highest BCUT2D eigenvalue weighted by Gasteiger charge is 2.12. The predicted octanol–water partition coefficient (Wildman–Crippen LogP) is 3.51. The van der Waals surface area contributed by atoms with Crippen molar-refractivity contribution in [1.29, 1.82) is 0 Å². The van der Waals surface area contributed by atoms with E-state index in [4.69, 9.17) is 17.0 Å². The summed E-state index contributed by atoms with van der Waals surface area (Å²) < 4.78 is 4.80. The number of methoxy groups -OCH3 is 1. The van der Waals surface area contributed by atoms with Gasteiger partial charge in [-0.3, -0.25) is 0 Å². The zero-order chi connectivity index (χ0) is 19.1. The SMILES string of the molecule is COC(=O)c1cccc(NC(=S)NCCN(C)c2ccc(C)cc2)c1C. The van der Waals surface area contributed by atoms with Crippen LogP contribution < -0.4 is 15.5 Å². The Kier molecular flexibility index (Phi) is 6.97. The lowest BCUT2D eigenvalue weighted by Crippen LogP contribution is -2.35. The molecule has 5 nitrogen and oxygen atoms in total. The van der Waals surface area contributed by atoms with Crippen LogP contribution in [0.2, 0.25) is 0 Å². The summed E-state index contributed by atoms with van der Waals surface area (Å²) >= 11 is 5.36. The Morgan fingerprint density at radius 3 is 2.50 bits per heavy atom. The van der Waals surface area contributed by atoms with E-state index in [1.165, 1.54) is 12.7 Å². The third-order valence-corrected chi connectivity index (χ3v) is 4.44. The number of nitrogens with one attached hydrogen (secondary N) is 2. The van der Waals surface area contributed by atoms with Crippen molar-refractivity contribution in [2.45, 2.75) is 13.8 Å². The van der Waals surface area contributed by atoms with Gasteiger partial charge in [-0.15, -0.1) is 0 Å². The number of hydrogen-bond acceptors (Lipinski definition) is 4. The number of aryl methyl sites for hydroxylation is 1. The molecule has 0 aliphatic carbocycles. The van der Waals surface area contributed by atoms with Crippen LogP contribution >= 0.6 is 12.2 Å². The summed E-state index contributed by atoms with van der Waals surface area (Å²) in [5.41, 5.74) is 4.53. The molecule has 0 saturated carbocycles. The smallest absolute Gasteiger partial charge is 0.338 e. The summed E-state index contributed by atoms with van der Waals surface area (Å²) in [6, 6.07) is 13.8. The molecule has 0 amide bonds. The molecule has 0 bridgehead atoms. The number of likely N-dealkylation sites (N-methyl/N-ethyl adjacent to an activating group) is 1. The fourth-order valence-electron chi connectivity index (χ4n) is 2.53. The van der Waals surface area contributed by atoms with Crippen molar-refractivity contribution in [3.05, 3.63) is 59.2 Å². The lowest BCUT2D eigenvalue weighted by Gasteiger charge is -2.20. The summed E-state index contributed by atoms with van der Waals surface area (Å²) in [6.07, 6.45) is 0. The molecule has 2 N–H and O–H groups in total. The van der Waals surface area contributed by atoms with Crippen molar-refractivity contribution < 1.29 is 9.53 Å². The van der Waals surface area contributed by atoms with Gasteiger partial charge in [-0.05, 0) is 55.9 Å². The Morgan fingerprint density at radius 1 is 1.15 bits per heavy atom. The van der Waals surface area contributed by atoms with Gasteiger partial charge in [0.25, 0.3) is 0 Å². The van der Waals surface area contributed by atoms with Crippen LogP contribution in [0.15, 0.2) is 42.5 Å². The van der Waals surface area contributed by atoms with Crippen LogP contribution in [0.25, 0.3) is 0 Å². The molecule has 0 aromatic heterocycles. The highest BCUT2D eigenvalue weighted by atomic mass is 32.1. The second-order valence-electron chi connectivity index (χ2n) is 6.11. The molecule has 0 unspecified atom stereocenters. The van der Waals surface area contributed by atoms with Crippen molar-refractivity contribution in [2.75, 3.05) is 37.5 Å². The standard InChI is InChI=1S/C20H25N3O2S/c1-14-8-10-16(11-9-14)23(3)13-12-21-20(26)22-18-7-5-6-17(15(18)2)19(24)25-4/h5-11H,12-13H2,1-4H3,(H2,21,22,26). The fraction of sp³-hybridized carbons (Fsp3) is 0.300. The maximum Gasteiger partial charge on any atom is 0.338 e. The number of nitrogens with zero attached hydrogens (tertiary/aromatic N) is 1. The molecule has 0 spiro atoms. The normalized spacial score (nSPS) is 10.2. The van der Waals surface area contributed by atoms with E-state index in [0.29, 0.717) is 17.2 Å². The molecule has 2 aromatic rings. The summed E-state index contributed by atoms with van der Waals surface area (Å²) in [7, 11) is 3.42. The molecule has 2 aromatic carbocycles. The van der Waals surface area contributed by atoms with Crippen LogP contribution in [0.1, 0.15) is 21.5 Å². The minimum Gasteiger partial charge on any atom is -0.465 e. The minimum absolute atomic E-state index is 0.357. The minimum atomic E-state index is -0.357. The van der Waals surface area contributed by atoms with Crippen molar-refractivity contribution >= 4 is 34.7 Å². The number of rotatable bonds is 6. The van der Waals surface area contributed by atoms with Gasteiger partial charge in [-0.2, -0.15) is 0 Å². The van der Waals surface area contributed by atoms with E-state index < -0.39 is 0 Å². The molecule has 0 saturated heterocycles. The van der Waals surface area contributed by atoms with Gasteiger partial charge in [0.15, 0.2) is 5.11 Å². The topological polar surface area (TPSA) is 53.6 Å². The largest absolute Gasteiger partial charge is 0.465 e. The fourth-order valence-corrected chi connectivity index (χ4v) is 2.75. The zero-order valence-electron chi connectivity index (χ0n) is 15.6. The Bertz CT molecular complexity index is 775. The maximum absolute atomic E-state index is 11.8. The number of carbonyl (C=O) groups is 1. The van der Waals surface area contributed by atoms with E-state index in [1.807, 2.05) is 20.0 Å². The lowest BCUT2D eigenvalue weighted by molar-refractivity contribution is 0.0600. The van der Waals surface area contributed by atoms with E-state index in [0.717, 1.165) is 23.5 Å². The first-order valence-corrected chi connectivity index (χ1v) is 8.83. The number of anilines is 2. The summed E-state index contributed by atoms with van der Waals surface area (Å²) in [6.45, 7) is 5.45. The number of thiocarbonyl (C=S) groups is 1. The third kappa shape index (κ3) is 5.20. The number of benzene rings is 2. The Morgan fingerprint density at radius 2 is 1.85 bits per heavy atom. The molecule has 0 atom stereocenters.